The molecule has 0 unspecified atom stereocenters. The smallest absolute Gasteiger partial charge is 0.259 e. The van der Waals surface area contributed by atoms with Gasteiger partial charge in [-0.15, -0.1) is 0 Å². The van der Waals surface area contributed by atoms with Gasteiger partial charge in [0.2, 0.25) is 0 Å². The van der Waals surface area contributed by atoms with Crippen molar-refractivity contribution in [3.63, 3.8) is 0 Å². The molecular formula is C26H24INO2. The topological polar surface area (TPSA) is 29.5 Å². The number of benzene rings is 3. The number of para-hydroxylation sites is 1. The molecule has 0 atom stereocenters. The Labute approximate surface area is 191 Å². The molecule has 0 aromatic heterocycles. The van der Waals surface area contributed by atoms with Gasteiger partial charge in [-0.2, -0.15) is 0 Å². The number of carbonyl (C=O) groups is 1. The molecule has 0 saturated heterocycles. The molecule has 1 amide bonds. The molecule has 3 aromatic rings. The number of nitrogens with zero attached hydrogens (tertiary/aromatic N) is 1. The first kappa shape index (κ1) is 20.7. The van der Waals surface area contributed by atoms with Crippen LogP contribution in [0.1, 0.15) is 30.5 Å². The van der Waals surface area contributed by atoms with E-state index >= 15 is 0 Å². The van der Waals surface area contributed by atoms with Gasteiger partial charge in [0, 0.05) is 21.3 Å². The lowest BCUT2D eigenvalue weighted by Gasteiger charge is -2.19. The average Bonchev–Trinajstić information content (AvgIpc) is 3.00. The van der Waals surface area contributed by atoms with Crippen LogP contribution >= 0.6 is 22.6 Å². The van der Waals surface area contributed by atoms with E-state index in [2.05, 4.69) is 60.7 Å². The van der Waals surface area contributed by atoms with E-state index in [4.69, 9.17) is 4.74 Å². The molecule has 0 N–H and O–H groups in total. The predicted octanol–water partition coefficient (Wildman–Crippen LogP) is 6.41. The largest absolute Gasteiger partial charge is 0.489 e. The minimum atomic E-state index is 0.0731. The maximum atomic E-state index is 13.1. The number of rotatable bonds is 6. The third-order valence-corrected chi connectivity index (χ3v) is 5.74. The number of hydrogen-bond donors (Lipinski definition) is 0. The zero-order valence-electron chi connectivity index (χ0n) is 17.1. The van der Waals surface area contributed by atoms with E-state index in [0.29, 0.717) is 12.5 Å². The van der Waals surface area contributed by atoms with Gasteiger partial charge < -0.3 is 9.64 Å². The van der Waals surface area contributed by atoms with Crippen molar-refractivity contribution in [1.82, 2.24) is 0 Å². The normalized spacial score (nSPS) is 14.5. The molecule has 152 valence electrons. The van der Waals surface area contributed by atoms with Crippen LogP contribution in [0.3, 0.4) is 0 Å². The molecule has 1 heterocycles. The van der Waals surface area contributed by atoms with Crippen LogP contribution in [0.4, 0.5) is 5.69 Å². The fraction of sp³-hybridized carbons (Fsp3) is 0.192. The van der Waals surface area contributed by atoms with Gasteiger partial charge in [0.05, 0.1) is 5.69 Å². The first-order valence-corrected chi connectivity index (χ1v) is 11.2. The van der Waals surface area contributed by atoms with E-state index < -0.39 is 0 Å². The lowest BCUT2D eigenvalue weighted by molar-refractivity contribution is -0.113. The van der Waals surface area contributed by atoms with Gasteiger partial charge in [-0.3, -0.25) is 4.79 Å². The number of amides is 1. The summed E-state index contributed by atoms with van der Waals surface area (Å²) in [6.45, 7) is 5.52. The molecule has 3 nitrogen and oxygen atoms in total. The Bertz CT molecular complexity index is 1070. The number of carbonyl (C=O) groups excluding carboxylic acids is 1. The van der Waals surface area contributed by atoms with Crippen LogP contribution < -0.4 is 9.64 Å². The van der Waals surface area contributed by atoms with Gasteiger partial charge in [-0.1, -0.05) is 56.3 Å². The summed E-state index contributed by atoms with van der Waals surface area (Å²) in [4.78, 5) is 15.0. The minimum absolute atomic E-state index is 0.0731. The highest BCUT2D eigenvalue weighted by molar-refractivity contribution is 14.1. The Kier molecular flexibility index (Phi) is 6.23. The third kappa shape index (κ3) is 4.59. The Morgan fingerprint density at radius 2 is 1.67 bits per heavy atom. The van der Waals surface area contributed by atoms with Gasteiger partial charge in [-0.25, -0.2) is 0 Å². The van der Waals surface area contributed by atoms with Crippen LogP contribution in [0.5, 0.6) is 5.75 Å². The molecule has 0 fully saturated rings. The highest BCUT2D eigenvalue weighted by Gasteiger charge is 2.32. The summed E-state index contributed by atoms with van der Waals surface area (Å²) in [7, 11) is 0. The van der Waals surface area contributed by atoms with Crippen molar-refractivity contribution in [3.05, 3.63) is 93.1 Å². The zero-order chi connectivity index (χ0) is 21.1. The summed E-state index contributed by atoms with van der Waals surface area (Å²) in [6, 6.07) is 24.2. The number of halogens is 1. The van der Waals surface area contributed by atoms with Crippen molar-refractivity contribution >= 4 is 45.8 Å². The van der Waals surface area contributed by atoms with Crippen LogP contribution in [0.2, 0.25) is 0 Å². The van der Waals surface area contributed by atoms with Crippen molar-refractivity contribution in [2.24, 2.45) is 5.92 Å². The summed E-state index contributed by atoms with van der Waals surface area (Å²) in [5, 5.41) is 0. The van der Waals surface area contributed by atoms with Crippen molar-refractivity contribution in [1.29, 1.82) is 0 Å². The number of fused-ring (bicyclic) bond motifs is 1. The first-order chi connectivity index (χ1) is 14.5. The van der Waals surface area contributed by atoms with Gasteiger partial charge >= 0.3 is 0 Å². The van der Waals surface area contributed by atoms with E-state index in [9.17, 15) is 4.79 Å². The van der Waals surface area contributed by atoms with Gasteiger partial charge in [0.25, 0.3) is 5.91 Å². The molecule has 4 heteroatoms. The van der Waals surface area contributed by atoms with Crippen molar-refractivity contribution in [2.75, 3.05) is 11.4 Å². The van der Waals surface area contributed by atoms with E-state index in [1.54, 1.807) is 0 Å². The molecule has 3 aromatic carbocycles. The maximum absolute atomic E-state index is 13.1. The SMILES string of the molecule is CC(C)CN1C(=O)/C(=C\c2ccc(OCc3ccc(I)cc3)cc2)c2ccccc21. The second-order valence-corrected chi connectivity index (χ2v) is 9.11. The molecule has 1 aliphatic heterocycles. The van der Waals surface area contributed by atoms with Crippen LogP contribution in [0, 0.1) is 9.49 Å². The Morgan fingerprint density at radius 1 is 0.967 bits per heavy atom. The van der Waals surface area contributed by atoms with Crippen LogP contribution in [0.25, 0.3) is 11.6 Å². The van der Waals surface area contributed by atoms with E-state index in [1.807, 2.05) is 59.5 Å². The first-order valence-electron chi connectivity index (χ1n) is 10.1. The molecule has 0 bridgehead atoms. The third-order valence-electron chi connectivity index (χ3n) is 5.02. The minimum Gasteiger partial charge on any atom is -0.489 e. The van der Waals surface area contributed by atoms with Crippen LogP contribution in [0.15, 0.2) is 72.8 Å². The van der Waals surface area contributed by atoms with Gasteiger partial charge in [0.1, 0.15) is 12.4 Å². The van der Waals surface area contributed by atoms with Crippen LogP contribution in [-0.2, 0) is 11.4 Å². The lowest BCUT2D eigenvalue weighted by atomic mass is 10.0. The zero-order valence-corrected chi connectivity index (χ0v) is 19.3. The lowest BCUT2D eigenvalue weighted by Crippen LogP contribution is -2.30. The molecule has 0 radical (unpaired) electrons. The fourth-order valence-electron chi connectivity index (χ4n) is 3.57. The van der Waals surface area contributed by atoms with Crippen molar-refractivity contribution in [2.45, 2.75) is 20.5 Å². The second-order valence-electron chi connectivity index (χ2n) is 7.87. The summed E-state index contributed by atoms with van der Waals surface area (Å²) in [5.74, 6) is 1.30. The highest BCUT2D eigenvalue weighted by atomic mass is 127. The molecule has 0 spiro atoms. The number of hydrogen-bond acceptors (Lipinski definition) is 2. The average molecular weight is 509 g/mol. The van der Waals surface area contributed by atoms with Gasteiger partial charge in [0.15, 0.2) is 0 Å². The Balaban J connectivity index is 1.51. The fourth-order valence-corrected chi connectivity index (χ4v) is 3.93. The van der Waals surface area contributed by atoms with Gasteiger partial charge in [-0.05, 0) is 76.0 Å². The van der Waals surface area contributed by atoms with Crippen molar-refractivity contribution < 1.29 is 9.53 Å². The summed E-state index contributed by atoms with van der Waals surface area (Å²) >= 11 is 2.30. The maximum Gasteiger partial charge on any atom is 0.259 e. The molecule has 0 saturated carbocycles. The molecule has 0 aliphatic carbocycles. The quantitative estimate of drug-likeness (QED) is 0.284. The van der Waals surface area contributed by atoms with Crippen molar-refractivity contribution in [3.8, 4) is 5.75 Å². The van der Waals surface area contributed by atoms with E-state index in [0.717, 1.165) is 40.2 Å². The Hall–Kier alpha value is -2.60. The summed E-state index contributed by atoms with van der Waals surface area (Å²) in [5.41, 5.74) is 4.88. The van der Waals surface area contributed by atoms with E-state index in [-0.39, 0.29) is 5.91 Å². The second kappa shape index (κ2) is 9.04. The molecule has 30 heavy (non-hydrogen) atoms. The molecular weight excluding hydrogens is 485 g/mol. The molecule has 1 aliphatic rings. The monoisotopic (exact) mass is 509 g/mol. The summed E-state index contributed by atoms with van der Waals surface area (Å²) < 4.78 is 7.11. The van der Waals surface area contributed by atoms with E-state index in [1.165, 1.54) is 3.57 Å². The number of anilines is 1. The van der Waals surface area contributed by atoms with Crippen LogP contribution in [-0.4, -0.2) is 12.5 Å². The Morgan fingerprint density at radius 3 is 2.37 bits per heavy atom. The summed E-state index contributed by atoms with van der Waals surface area (Å²) in [6.07, 6.45) is 1.98. The number of ether oxygens (including phenoxy) is 1. The molecule has 4 rings (SSSR count). The predicted molar refractivity (Wildman–Crippen MR) is 131 cm³/mol. The standard InChI is InChI=1S/C26H24INO2/c1-18(2)16-28-25-6-4-3-5-23(25)24(26(28)29)15-19-9-13-22(14-10-19)30-17-20-7-11-21(27)12-8-20/h3-15,18H,16-17H2,1-2H3/b24-15-. The highest BCUT2D eigenvalue weighted by Crippen LogP contribution is 2.38.